The van der Waals surface area contributed by atoms with Gasteiger partial charge in [-0.1, -0.05) is 103 Å². The molecule has 0 nitrogen and oxygen atoms in total. The Balaban J connectivity index is 1.55. The Morgan fingerprint density at radius 1 is 0.731 bits per heavy atom. The maximum atomic E-state index is 2.60. The third-order valence-electron chi connectivity index (χ3n) is 6.93. The minimum Gasteiger partial charge on any atom is -0.0808 e. The first-order valence-corrected chi connectivity index (χ1v) is 12.2. The molecule has 2 rings (SSSR count). The molecule has 150 valence electrons. The maximum absolute atomic E-state index is 2.60. The van der Waals surface area contributed by atoms with E-state index in [9.17, 15) is 0 Å². The molecular weight excluding hydrogens is 312 g/mol. The Morgan fingerprint density at radius 2 is 1.35 bits per heavy atom. The molecule has 0 N–H and O–H groups in total. The zero-order chi connectivity index (χ0) is 18.5. The molecule has 26 heavy (non-hydrogen) atoms. The van der Waals surface area contributed by atoms with Gasteiger partial charge in [-0.25, -0.2) is 0 Å². The van der Waals surface area contributed by atoms with Crippen LogP contribution in [0.5, 0.6) is 0 Å². The average Bonchev–Trinajstić information content (AvgIpc) is 2.69. The second kappa shape index (κ2) is 13.6. The van der Waals surface area contributed by atoms with Gasteiger partial charge in [0.15, 0.2) is 0 Å². The summed E-state index contributed by atoms with van der Waals surface area (Å²) in [7, 11) is 0. The van der Waals surface area contributed by atoms with E-state index in [0.29, 0.717) is 0 Å². The summed E-state index contributed by atoms with van der Waals surface area (Å²) >= 11 is 0. The number of rotatable bonds is 13. The van der Waals surface area contributed by atoms with Crippen LogP contribution in [-0.4, -0.2) is 0 Å². The molecule has 0 bridgehead atoms. The molecule has 0 amide bonds. The SMILES string of the molecule is CCCCCCCCC1CCC(C2=CCC(CCCCCC)C=C2)CC1. The van der Waals surface area contributed by atoms with Gasteiger partial charge in [0.2, 0.25) is 0 Å². The normalized spacial score (nSPS) is 26.1. The van der Waals surface area contributed by atoms with Crippen molar-refractivity contribution >= 4 is 0 Å². The standard InChI is InChI=1S/C26H46/c1-3-5-7-9-10-12-14-24-17-21-26(22-18-24)25-19-15-23(16-20-25)13-11-8-6-4-2/h15,19-20,23-24,26H,3-14,16-18,21-22H2,1-2H3. The molecule has 0 saturated heterocycles. The molecule has 1 saturated carbocycles. The van der Waals surface area contributed by atoms with Crippen molar-refractivity contribution in [2.75, 3.05) is 0 Å². The molecular formula is C26H46. The van der Waals surface area contributed by atoms with E-state index in [2.05, 4.69) is 32.1 Å². The lowest BCUT2D eigenvalue weighted by atomic mass is 9.75. The second-order valence-corrected chi connectivity index (χ2v) is 9.18. The maximum Gasteiger partial charge on any atom is -0.0165 e. The summed E-state index contributed by atoms with van der Waals surface area (Å²) in [4.78, 5) is 0. The van der Waals surface area contributed by atoms with Crippen molar-refractivity contribution < 1.29 is 0 Å². The summed E-state index contributed by atoms with van der Waals surface area (Å²) in [5, 5.41) is 0. The fraction of sp³-hybridized carbons (Fsp3) is 0.846. The van der Waals surface area contributed by atoms with Gasteiger partial charge >= 0.3 is 0 Å². The lowest BCUT2D eigenvalue weighted by Gasteiger charge is -2.31. The Bertz CT molecular complexity index is 394. The molecule has 1 atom stereocenters. The topological polar surface area (TPSA) is 0 Å². The van der Waals surface area contributed by atoms with Crippen LogP contribution < -0.4 is 0 Å². The molecule has 0 aliphatic heterocycles. The van der Waals surface area contributed by atoms with Gasteiger partial charge < -0.3 is 0 Å². The lowest BCUT2D eigenvalue weighted by Crippen LogP contribution is -2.17. The zero-order valence-electron chi connectivity index (χ0n) is 18.0. The van der Waals surface area contributed by atoms with E-state index in [-0.39, 0.29) is 0 Å². The van der Waals surface area contributed by atoms with E-state index >= 15 is 0 Å². The van der Waals surface area contributed by atoms with E-state index in [4.69, 9.17) is 0 Å². The Hall–Kier alpha value is -0.520. The van der Waals surface area contributed by atoms with Gasteiger partial charge in [-0.05, 0) is 61.9 Å². The van der Waals surface area contributed by atoms with Gasteiger partial charge in [0.1, 0.15) is 0 Å². The summed E-state index contributed by atoms with van der Waals surface area (Å²) in [6.07, 6.45) is 32.1. The van der Waals surface area contributed by atoms with Crippen LogP contribution in [0.3, 0.4) is 0 Å². The second-order valence-electron chi connectivity index (χ2n) is 9.18. The van der Waals surface area contributed by atoms with E-state index in [1.54, 1.807) is 5.57 Å². The fourth-order valence-electron chi connectivity index (χ4n) is 5.03. The highest BCUT2D eigenvalue weighted by molar-refractivity contribution is 5.26. The quantitative estimate of drug-likeness (QED) is 0.288. The van der Waals surface area contributed by atoms with Crippen molar-refractivity contribution in [3.63, 3.8) is 0 Å². The molecule has 0 heterocycles. The predicted molar refractivity (Wildman–Crippen MR) is 118 cm³/mol. The summed E-state index contributed by atoms with van der Waals surface area (Å²) < 4.78 is 0. The first-order valence-electron chi connectivity index (χ1n) is 12.2. The molecule has 0 aromatic heterocycles. The molecule has 1 fully saturated rings. The van der Waals surface area contributed by atoms with Crippen molar-refractivity contribution in [1.29, 1.82) is 0 Å². The molecule has 0 aromatic carbocycles. The zero-order valence-corrected chi connectivity index (χ0v) is 18.0. The third-order valence-corrected chi connectivity index (χ3v) is 6.93. The van der Waals surface area contributed by atoms with Crippen molar-refractivity contribution in [2.45, 2.75) is 123 Å². The average molecular weight is 359 g/mol. The van der Waals surface area contributed by atoms with E-state index in [0.717, 1.165) is 17.8 Å². The highest BCUT2D eigenvalue weighted by atomic mass is 14.3. The molecule has 0 spiro atoms. The first kappa shape index (κ1) is 21.8. The molecule has 0 aromatic rings. The first-order chi connectivity index (χ1) is 12.8. The lowest BCUT2D eigenvalue weighted by molar-refractivity contribution is 0.282. The molecule has 0 radical (unpaired) electrons. The minimum absolute atomic E-state index is 0.833. The van der Waals surface area contributed by atoms with Crippen LogP contribution in [0.4, 0.5) is 0 Å². The smallest absolute Gasteiger partial charge is 0.0165 e. The summed E-state index contributed by atoms with van der Waals surface area (Å²) in [5.41, 5.74) is 1.69. The van der Waals surface area contributed by atoms with Crippen molar-refractivity contribution in [3.05, 3.63) is 23.8 Å². The van der Waals surface area contributed by atoms with E-state index < -0.39 is 0 Å². The number of unbranched alkanes of at least 4 members (excludes halogenated alkanes) is 8. The van der Waals surface area contributed by atoms with Crippen LogP contribution in [0.25, 0.3) is 0 Å². The molecule has 2 aliphatic rings. The Kier molecular flexibility index (Phi) is 11.4. The van der Waals surface area contributed by atoms with E-state index in [1.165, 1.54) is 109 Å². The van der Waals surface area contributed by atoms with Gasteiger partial charge in [-0.15, -0.1) is 0 Å². The number of hydrogen-bond donors (Lipinski definition) is 0. The summed E-state index contributed by atoms with van der Waals surface area (Å²) in [5.74, 6) is 2.75. The summed E-state index contributed by atoms with van der Waals surface area (Å²) in [6.45, 7) is 4.61. The highest BCUT2D eigenvalue weighted by Gasteiger charge is 2.23. The Morgan fingerprint density at radius 3 is 2.00 bits per heavy atom. The van der Waals surface area contributed by atoms with Crippen LogP contribution in [0.1, 0.15) is 123 Å². The van der Waals surface area contributed by atoms with Crippen molar-refractivity contribution in [1.82, 2.24) is 0 Å². The fourth-order valence-corrected chi connectivity index (χ4v) is 5.03. The van der Waals surface area contributed by atoms with Crippen LogP contribution in [0, 0.1) is 17.8 Å². The van der Waals surface area contributed by atoms with Crippen molar-refractivity contribution in [2.24, 2.45) is 17.8 Å². The molecule has 2 aliphatic carbocycles. The van der Waals surface area contributed by atoms with Gasteiger partial charge in [-0.3, -0.25) is 0 Å². The van der Waals surface area contributed by atoms with Crippen LogP contribution >= 0.6 is 0 Å². The highest BCUT2D eigenvalue weighted by Crippen LogP contribution is 2.38. The van der Waals surface area contributed by atoms with Gasteiger partial charge in [-0.2, -0.15) is 0 Å². The molecule has 0 heteroatoms. The predicted octanol–water partition coefficient (Wildman–Crippen LogP) is 9.02. The third kappa shape index (κ3) is 8.45. The van der Waals surface area contributed by atoms with Crippen molar-refractivity contribution in [3.8, 4) is 0 Å². The minimum atomic E-state index is 0.833. The van der Waals surface area contributed by atoms with Gasteiger partial charge in [0, 0.05) is 0 Å². The van der Waals surface area contributed by atoms with Crippen LogP contribution in [0.2, 0.25) is 0 Å². The van der Waals surface area contributed by atoms with E-state index in [1.807, 2.05) is 0 Å². The van der Waals surface area contributed by atoms with Crippen LogP contribution in [0.15, 0.2) is 23.8 Å². The number of allylic oxidation sites excluding steroid dienone is 4. The van der Waals surface area contributed by atoms with Gasteiger partial charge in [0.05, 0.1) is 0 Å². The van der Waals surface area contributed by atoms with Gasteiger partial charge in [0.25, 0.3) is 0 Å². The molecule has 1 unspecified atom stereocenters. The monoisotopic (exact) mass is 358 g/mol. The summed E-state index contributed by atoms with van der Waals surface area (Å²) in [6, 6.07) is 0. The largest absolute Gasteiger partial charge is 0.0808 e. The number of hydrogen-bond acceptors (Lipinski definition) is 0. The Labute approximate surface area is 164 Å². The van der Waals surface area contributed by atoms with Crippen LogP contribution in [-0.2, 0) is 0 Å².